The van der Waals surface area contributed by atoms with Gasteiger partial charge in [-0.3, -0.25) is 10.1 Å². The highest BCUT2D eigenvalue weighted by Gasteiger charge is 2.04. The van der Waals surface area contributed by atoms with Crippen LogP contribution in [0.15, 0.2) is 47.1 Å². The molecule has 0 spiro atoms. The van der Waals surface area contributed by atoms with Crippen molar-refractivity contribution in [2.75, 3.05) is 13.2 Å². The molecule has 0 saturated heterocycles. The number of hydrogen-bond acceptors (Lipinski definition) is 4. The Morgan fingerprint density at radius 2 is 2.05 bits per heavy atom. The van der Waals surface area contributed by atoms with E-state index in [-0.39, 0.29) is 5.69 Å². The monoisotopic (exact) mass is 263 g/mol. The molecule has 2 rings (SSSR count). The fraction of sp³-hybridized carbons (Fsp3) is 0.231. The van der Waals surface area contributed by atoms with E-state index in [1.165, 1.54) is 12.1 Å². The van der Waals surface area contributed by atoms with Crippen molar-refractivity contribution in [3.05, 3.63) is 58.5 Å². The molecule has 6 heteroatoms. The van der Waals surface area contributed by atoms with Crippen LogP contribution in [0, 0.1) is 10.1 Å². The predicted molar refractivity (Wildman–Crippen MR) is 67.8 cm³/mol. The van der Waals surface area contributed by atoms with Gasteiger partial charge in [0.05, 0.1) is 11.2 Å². The van der Waals surface area contributed by atoms with Crippen LogP contribution in [-0.4, -0.2) is 18.1 Å². The molecule has 0 amide bonds. The number of nitro groups is 1. The standard InChI is InChI=1S/C13H14N2O4/c16-15(17)11-3-5-12(6-4-11)19-9-7-14-10-13-2-1-8-18-13/h1-6,8,14H,7,9-10H2/p+1. The molecule has 6 nitrogen and oxygen atoms in total. The van der Waals surface area contributed by atoms with Gasteiger partial charge in [0.25, 0.3) is 5.69 Å². The molecule has 1 aromatic heterocycles. The van der Waals surface area contributed by atoms with Crippen LogP contribution in [0.3, 0.4) is 0 Å². The van der Waals surface area contributed by atoms with E-state index in [0.717, 1.165) is 18.8 Å². The Morgan fingerprint density at radius 3 is 2.68 bits per heavy atom. The molecule has 0 saturated carbocycles. The number of hydrogen-bond donors (Lipinski definition) is 1. The van der Waals surface area contributed by atoms with Crippen molar-refractivity contribution in [1.29, 1.82) is 0 Å². The molecule has 0 aliphatic rings. The van der Waals surface area contributed by atoms with Gasteiger partial charge in [-0.15, -0.1) is 0 Å². The van der Waals surface area contributed by atoms with Crippen LogP contribution in [0.25, 0.3) is 0 Å². The van der Waals surface area contributed by atoms with Crippen molar-refractivity contribution in [1.82, 2.24) is 0 Å². The molecular weight excluding hydrogens is 248 g/mol. The summed E-state index contributed by atoms with van der Waals surface area (Å²) in [7, 11) is 0. The molecule has 0 unspecified atom stereocenters. The molecule has 19 heavy (non-hydrogen) atoms. The first-order chi connectivity index (χ1) is 9.25. The minimum absolute atomic E-state index is 0.0664. The molecule has 1 heterocycles. The molecule has 2 aromatic rings. The van der Waals surface area contributed by atoms with Gasteiger partial charge in [0, 0.05) is 12.1 Å². The third-order valence-corrected chi connectivity index (χ3v) is 2.56. The summed E-state index contributed by atoms with van der Waals surface area (Å²) in [6.07, 6.45) is 1.65. The first-order valence-electron chi connectivity index (χ1n) is 5.97. The largest absolute Gasteiger partial charge is 0.488 e. The second kappa shape index (κ2) is 6.55. The van der Waals surface area contributed by atoms with Crippen LogP contribution in [-0.2, 0) is 6.54 Å². The molecule has 0 radical (unpaired) electrons. The van der Waals surface area contributed by atoms with Crippen molar-refractivity contribution in [3.8, 4) is 5.75 Å². The van der Waals surface area contributed by atoms with E-state index in [0.29, 0.717) is 12.4 Å². The maximum Gasteiger partial charge on any atom is 0.269 e. The van der Waals surface area contributed by atoms with E-state index in [4.69, 9.17) is 9.15 Å². The summed E-state index contributed by atoms with van der Waals surface area (Å²) < 4.78 is 10.7. The molecule has 2 N–H and O–H groups in total. The Morgan fingerprint density at radius 1 is 1.26 bits per heavy atom. The summed E-state index contributed by atoms with van der Waals surface area (Å²) >= 11 is 0. The fourth-order valence-electron chi connectivity index (χ4n) is 1.60. The van der Waals surface area contributed by atoms with Crippen molar-refractivity contribution >= 4 is 5.69 Å². The van der Waals surface area contributed by atoms with E-state index in [1.807, 2.05) is 12.1 Å². The van der Waals surface area contributed by atoms with Crippen LogP contribution in [0.1, 0.15) is 5.76 Å². The van der Waals surface area contributed by atoms with Gasteiger partial charge in [0.15, 0.2) is 5.76 Å². The third-order valence-electron chi connectivity index (χ3n) is 2.56. The van der Waals surface area contributed by atoms with E-state index in [1.54, 1.807) is 18.4 Å². The first kappa shape index (κ1) is 13.1. The fourth-order valence-corrected chi connectivity index (χ4v) is 1.60. The van der Waals surface area contributed by atoms with Gasteiger partial charge >= 0.3 is 0 Å². The Hall–Kier alpha value is -2.34. The van der Waals surface area contributed by atoms with Crippen molar-refractivity contribution in [3.63, 3.8) is 0 Å². The molecule has 0 aliphatic heterocycles. The van der Waals surface area contributed by atoms with Crippen LogP contribution in [0.2, 0.25) is 0 Å². The summed E-state index contributed by atoms with van der Waals surface area (Å²) in [4.78, 5) is 10.0. The second-order valence-corrected chi connectivity index (χ2v) is 3.96. The summed E-state index contributed by atoms with van der Waals surface area (Å²) in [5, 5.41) is 12.5. The SMILES string of the molecule is O=[N+]([O-])c1ccc(OCC[NH2+]Cc2ccco2)cc1. The average molecular weight is 263 g/mol. The number of quaternary nitrogens is 1. The first-order valence-corrected chi connectivity index (χ1v) is 5.97. The zero-order valence-corrected chi connectivity index (χ0v) is 10.3. The summed E-state index contributed by atoms with van der Waals surface area (Å²) in [5.41, 5.74) is 0.0664. The van der Waals surface area contributed by atoms with E-state index >= 15 is 0 Å². The molecule has 0 fully saturated rings. The zero-order valence-electron chi connectivity index (χ0n) is 10.3. The van der Waals surface area contributed by atoms with Crippen LogP contribution in [0.5, 0.6) is 5.75 Å². The van der Waals surface area contributed by atoms with Crippen LogP contribution >= 0.6 is 0 Å². The number of furan rings is 1. The van der Waals surface area contributed by atoms with Gasteiger partial charge in [0.2, 0.25) is 0 Å². The van der Waals surface area contributed by atoms with Gasteiger partial charge in [-0.2, -0.15) is 0 Å². The Balaban J connectivity index is 1.66. The molecule has 0 bridgehead atoms. The van der Waals surface area contributed by atoms with Crippen molar-refractivity contribution in [2.24, 2.45) is 0 Å². The average Bonchev–Trinajstić information content (AvgIpc) is 2.92. The molecular formula is C13H15N2O4+. The quantitative estimate of drug-likeness (QED) is 0.464. The molecule has 0 atom stereocenters. The van der Waals surface area contributed by atoms with E-state index < -0.39 is 4.92 Å². The lowest BCUT2D eigenvalue weighted by Crippen LogP contribution is -2.83. The lowest BCUT2D eigenvalue weighted by Gasteiger charge is -2.04. The lowest BCUT2D eigenvalue weighted by atomic mass is 10.3. The van der Waals surface area contributed by atoms with Gasteiger partial charge < -0.3 is 14.5 Å². The normalized spacial score (nSPS) is 10.3. The molecule has 1 aromatic carbocycles. The number of nitrogens with zero attached hydrogens (tertiary/aromatic N) is 1. The minimum atomic E-state index is -0.430. The summed E-state index contributed by atoms with van der Waals surface area (Å²) in [5.74, 6) is 1.56. The second-order valence-electron chi connectivity index (χ2n) is 3.96. The highest BCUT2D eigenvalue weighted by Crippen LogP contribution is 2.16. The number of nitrogens with two attached hydrogens (primary N) is 1. The maximum atomic E-state index is 10.5. The number of ether oxygens (including phenoxy) is 1. The van der Waals surface area contributed by atoms with E-state index in [2.05, 4.69) is 5.32 Å². The smallest absolute Gasteiger partial charge is 0.269 e. The number of nitro benzene ring substituents is 1. The highest BCUT2D eigenvalue weighted by atomic mass is 16.6. The summed E-state index contributed by atoms with van der Waals surface area (Å²) in [6, 6.07) is 9.85. The van der Waals surface area contributed by atoms with Gasteiger partial charge in [-0.05, 0) is 24.3 Å². The van der Waals surface area contributed by atoms with Crippen LogP contribution in [0.4, 0.5) is 5.69 Å². The number of non-ortho nitro benzene ring substituents is 1. The Kier molecular flexibility index (Phi) is 4.52. The number of rotatable bonds is 7. The maximum absolute atomic E-state index is 10.5. The van der Waals surface area contributed by atoms with Crippen molar-refractivity contribution < 1.29 is 19.4 Å². The minimum Gasteiger partial charge on any atom is -0.488 e. The third kappa shape index (κ3) is 4.11. The zero-order chi connectivity index (χ0) is 13.5. The van der Waals surface area contributed by atoms with E-state index in [9.17, 15) is 10.1 Å². The molecule has 100 valence electrons. The number of benzene rings is 1. The predicted octanol–water partition coefficient (Wildman–Crippen LogP) is 1.33. The molecule has 0 aliphatic carbocycles. The van der Waals surface area contributed by atoms with Crippen molar-refractivity contribution in [2.45, 2.75) is 6.54 Å². The van der Waals surface area contributed by atoms with Gasteiger partial charge in [-0.1, -0.05) is 0 Å². The van der Waals surface area contributed by atoms with Gasteiger partial charge in [-0.25, -0.2) is 0 Å². The van der Waals surface area contributed by atoms with Crippen LogP contribution < -0.4 is 10.1 Å². The topological polar surface area (TPSA) is 82.1 Å². The highest BCUT2D eigenvalue weighted by molar-refractivity contribution is 5.35. The summed E-state index contributed by atoms with van der Waals surface area (Å²) in [6.45, 7) is 2.10. The van der Waals surface area contributed by atoms with Gasteiger partial charge in [0.1, 0.15) is 25.4 Å². The lowest BCUT2D eigenvalue weighted by molar-refractivity contribution is -0.672. The Labute approximate surface area is 110 Å². The Bertz CT molecular complexity index is 508.